The molecule has 0 aliphatic heterocycles. The van der Waals surface area contributed by atoms with E-state index in [0.717, 1.165) is 38.5 Å². The van der Waals surface area contributed by atoms with E-state index in [-0.39, 0.29) is 0 Å². The Morgan fingerprint density at radius 1 is 1.21 bits per heavy atom. The highest BCUT2D eigenvalue weighted by Gasteiger charge is 1.89. The topological polar surface area (TPSA) is 26.3 Å². The first-order chi connectivity index (χ1) is 6.81. The number of carbonyl (C=O) groups excluding carboxylic acids is 1. The Morgan fingerprint density at radius 3 is 2.43 bits per heavy atom. The quantitative estimate of drug-likeness (QED) is 0.289. The van der Waals surface area contributed by atoms with Crippen LogP contribution in [-0.2, 0) is 9.53 Å². The fourth-order valence-electron chi connectivity index (χ4n) is 0.980. The molecule has 0 heterocycles. The van der Waals surface area contributed by atoms with E-state index >= 15 is 0 Å². The summed E-state index contributed by atoms with van der Waals surface area (Å²) < 4.78 is 4.38. The molecule has 0 amide bonds. The zero-order chi connectivity index (χ0) is 10.6. The average Bonchev–Trinajstić information content (AvgIpc) is 2.21. The normalized spacial score (nSPS) is 8.29. The van der Waals surface area contributed by atoms with Crippen molar-refractivity contribution in [3.8, 4) is 24.2 Å². The minimum absolute atomic E-state index is 0.461. The van der Waals surface area contributed by atoms with Gasteiger partial charge in [0, 0.05) is 18.8 Å². The maximum Gasteiger partial charge on any atom is 0.384 e. The van der Waals surface area contributed by atoms with Gasteiger partial charge in [-0.1, -0.05) is 18.8 Å². The number of ether oxygens (including phenoxy) is 1. The molecule has 0 N–H and O–H groups in total. The molecule has 0 rings (SSSR count). The summed E-state index contributed by atoms with van der Waals surface area (Å²) in [7, 11) is 1.33. The van der Waals surface area contributed by atoms with Crippen LogP contribution in [0.4, 0.5) is 0 Å². The first-order valence-electron chi connectivity index (χ1n) is 4.81. The zero-order valence-electron chi connectivity index (χ0n) is 8.64. The van der Waals surface area contributed by atoms with Crippen molar-refractivity contribution in [3.05, 3.63) is 0 Å². The molecule has 0 saturated heterocycles. The number of esters is 1. The molecule has 2 heteroatoms. The van der Waals surface area contributed by atoms with Crippen molar-refractivity contribution in [1.29, 1.82) is 0 Å². The molecule has 0 fully saturated rings. The number of unbranched alkanes of at least 4 members (excludes halogenated alkanes) is 5. The summed E-state index contributed by atoms with van der Waals surface area (Å²) in [6.07, 6.45) is 11.1. The SMILES string of the molecule is C#CCCCCCCC#CC(=O)OC. The molecule has 0 spiro atoms. The van der Waals surface area contributed by atoms with E-state index in [1.165, 1.54) is 7.11 Å². The zero-order valence-corrected chi connectivity index (χ0v) is 8.64. The highest BCUT2D eigenvalue weighted by Crippen LogP contribution is 2.03. The molecule has 0 saturated carbocycles. The van der Waals surface area contributed by atoms with Gasteiger partial charge in [0.2, 0.25) is 0 Å². The highest BCUT2D eigenvalue weighted by molar-refractivity contribution is 5.88. The van der Waals surface area contributed by atoms with Gasteiger partial charge in [0.15, 0.2) is 0 Å². The number of hydrogen-bond donors (Lipinski definition) is 0. The van der Waals surface area contributed by atoms with Crippen molar-refractivity contribution >= 4 is 5.97 Å². The van der Waals surface area contributed by atoms with Crippen LogP contribution in [0.25, 0.3) is 0 Å². The maximum atomic E-state index is 10.6. The van der Waals surface area contributed by atoms with E-state index in [1.54, 1.807) is 0 Å². The molecule has 0 aromatic carbocycles. The van der Waals surface area contributed by atoms with Crippen LogP contribution in [-0.4, -0.2) is 13.1 Å². The lowest BCUT2D eigenvalue weighted by molar-refractivity contribution is -0.133. The molecule has 0 bridgehead atoms. The summed E-state index contributed by atoms with van der Waals surface area (Å²) in [6, 6.07) is 0. The van der Waals surface area contributed by atoms with Gasteiger partial charge in [0.25, 0.3) is 0 Å². The lowest BCUT2D eigenvalue weighted by Gasteiger charge is -1.94. The van der Waals surface area contributed by atoms with E-state index < -0.39 is 5.97 Å². The number of methoxy groups -OCH3 is 1. The number of rotatable bonds is 5. The summed E-state index contributed by atoms with van der Waals surface area (Å²) >= 11 is 0. The van der Waals surface area contributed by atoms with Crippen LogP contribution >= 0.6 is 0 Å². The van der Waals surface area contributed by atoms with Crippen molar-refractivity contribution in [2.45, 2.75) is 38.5 Å². The fraction of sp³-hybridized carbons (Fsp3) is 0.583. The van der Waals surface area contributed by atoms with Crippen LogP contribution in [0.1, 0.15) is 38.5 Å². The molecule has 76 valence electrons. The van der Waals surface area contributed by atoms with Gasteiger partial charge in [-0.2, -0.15) is 0 Å². The Balaban J connectivity index is 3.24. The van der Waals surface area contributed by atoms with E-state index in [4.69, 9.17) is 6.42 Å². The molecular weight excluding hydrogens is 176 g/mol. The van der Waals surface area contributed by atoms with Gasteiger partial charge in [-0.05, 0) is 12.8 Å². The van der Waals surface area contributed by atoms with Gasteiger partial charge in [-0.25, -0.2) is 4.79 Å². The van der Waals surface area contributed by atoms with Crippen molar-refractivity contribution in [3.63, 3.8) is 0 Å². The summed E-state index contributed by atoms with van der Waals surface area (Å²) in [5.41, 5.74) is 0. The van der Waals surface area contributed by atoms with Crippen molar-refractivity contribution in [2.75, 3.05) is 7.11 Å². The van der Waals surface area contributed by atoms with Crippen molar-refractivity contribution < 1.29 is 9.53 Å². The molecule has 0 radical (unpaired) electrons. The Kier molecular flexibility index (Phi) is 8.70. The number of terminal acetylenes is 1. The van der Waals surface area contributed by atoms with Gasteiger partial charge in [-0.15, -0.1) is 12.3 Å². The van der Waals surface area contributed by atoms with Gasteiger partial charge < -0.3 is 4.74 Å². The smallest absolute Gasteiger partial charge is 0.384 e. The molecule has 14 heavy (non-hydrogen) atoms. The monoisotopic (exact) mass is 192 g/mol. The Labute approximate surface area is 86.0 Å². The van der Waals surface area contributed by atoms with E-state index in [0.29, 0.717) is 0 Å². The van der Waals surface area contributed by atoms with Crippen molar-refractivity contribution in [2.24, 2.45) is 0 Å². The third-order valence-electron chi connectivity index (χ3n) is 1.75. The van der Waals surface area contributed by atoms with Crippen LogP contribution in [0.15, 0.2) is 0 Å². The predicted molar refractivity (Wildman–Crippen MR) is 56.3 cm³/mol. The van der Waals surface area contributed by atoms with Gasteiger partial charge in [0.05, 0.1) is 7.11 Å². The second-order valence-electron chi connectivity index (χ2n) is 2.91. The maximum absolute atomic E-state index is 10.6. The van der Waals surface area contributed by atoms with Crippen LogP contribution in [0, 0.1) is 24.2 Å². The van der Waals surface area contributed by atoms with Crippen LogP contribution < -0.4 is 0 Å². The van der Waals surface area contributed by atoms with Crippen LogP contribution in [0.2, 0.25) is 0 Å². The lowest BCUT2D eigenvalue weighted by Crippen LogP contribution is -1.94. The Bertz CT molecular complexity index is 250. The average molecular weight is 192 g/mol. The molecule has 0 aromatic rings. The Hall–Kier alpha value is -1.41. The molecule has 2 nitrogen and oxygen atoms in total. The van der Waals surface area contributed by atoms with E-state index in [1.807, 2.05) is 0 Å². The number of hydrogen-bond acceptors (Lipinski definition) is 2. The molecular formula is C12H16O2. The lowest BCUT2D eigenvalue weighted by atomic mass is 10.1. The van der Waals surface area contributed by atoms with Gasteiger partial charge in [-0.3, -0.25) is 0 Å². The second-order valence-corrected chi connectivity index (χ2v) is 2.91. The van der Waals surface area contributed by atoms with Crippen molar-refractivity contribution in [1.82, 2.24) is 0 Å². The summed E-state index contributed by atoms with van der Waals surface area (Å²) in [6.45, 7) is 0. The minimum Gasteiger partial charge on any atom is -0.459 e. The summed E-state index contributed by atoms with van der Waals surface area (Å²) in [5.74, 6) is 7.30. The first-order valence-corrected chi connectivity index (χ1v) is 4.81. The minimum atomic E-state index is -0.461. The second kappa shape index (κ2) is 9.68. The molecule has 0 unspecified atom stereocenters. The van der Waals surface area contributed by atoms with Crippen LogP contribution in [0.5, 0.6) is 0 Å². The Morgan fingerprint density at radius 2 is 1.86 bits per heavy atom. The highest BCUT2D eigenvalue weighted by atomic mass is 16.5. The number of carbonyl (C=O) groups is 1. The third-order valence-corrected chi connectivity index (χ3v) is 1.75. The summed E-state index contributed by atoms with van der Waals surface area (Å²) in [4.78, 5) is 10.6. The van der Waals surface area contributed by atoms with Gasteiger partial charge >= 0.3 is 5.97 Å². The summed E-state index contributed by atoms with van der Waals surface area (Å²) in [5, 5.41) is 0. The van der Waals surface area contributed by atoms with Gasteiger partial charge in [0.1, 0.15) is 0 Å². The fourth-order valence-corrected chi connectivity index (χ4v) is 0.980. The predicted octanol–water partition coefficient (Wildman–Crippen LogP) is 2.14. The van der Waals surface area contributed by atoms with Crippen LogP contribution in [0.3, 0.4) is 0 Å². The molecule has 0 aromatic heterocycles. The van der Waals surface area contributed by atoms with E-state index in [2.05, 4.69) is 22.5 Å². The first kappa shape index (κ1) is 12.6. The third kappa shape index (κ3) is 8.68. The molecule has 0 atom stereocenters. The largest absolute Gasteiger partial charge is 0.459 e. The molecule has 0 aliphatic rings. The van der Waals surface area contributed by atoms with E-state index in [9.17, 15) is 4.79 Å². The standard InChI is InChI=1S/C12H16O2/c1-3-4-5-6-7-8-9-10-11-12(13)14-2/h1H,4-9H2,2H3. The molecule has 0 aliphatic carbocycles.